The predicted molar refractivity (Wildman–Crippen MR) is 123 cm³/mol. The molecule has 0 radical (unpaired) electrons. The standard InChI is InChI=1S/C27H29NO4/c1-31-25-14-8-13-24(19-25)27(30,22-11-6-3-7-12-22)23-15-17-28(18-16-23)26(29)32-20-21-9-4-2-5-10-21/h2-14,19,23,30H,15-18,20H2,1H3. The third kappa shape index (κ3) is 4.63. The minimum atomic E-state index is -1.17. The summed E-state index contributed by atoms with van der Waals surface area (Å²) in [5.74, 6) is 0.661. The molecule has 1 atom stereocenters. The van der Waals surface area contributed by atoms with Gasteiger partial charge < -0.3 is 19.5 Å². The molecule has 3 aromatic carbocycles. The Morgan fingerprint density at radius 3 is 2.22 bits per heavy atom. The topological polar surface area (TPSA) is 59.0 Å². The van der Waals surface area contributed by atoms with E-state index in [2.05, 4.69) is 0 Å². The van der Waals surface area contributed by atoms with Crippen LogP contribution >= 0.6 is 0 Å². The van der Waals surface area contributed by atoms with Crippen molar-refractivity contribution in [1.29, 1.82) is 0 Å². The maximum atomic E-state index is 12.6. The van der Waals surface area contributed by atoms with E-state index < -0.39 is 5.60 Å². The van der Waals surface area contributed by atoms with Crippen LogP contribution in [0.25, 0.3) is 0 Å². The quantitative estimate of drug-likeness (QED) is 0.598. The first kappa shape index (κ1) is 21.9. The molecule has 0 aromatic heterocycles. The van der Waals surface area contributed by atoms with Crippen molar-refractivity contribution >= 4 is 6.09 Å². The molecule has 0 bridgehead atoms. The highest BCUT2D eigenvalue weighted by molar-refractivity contribution is 5.67. The zero-order valence-electron chi connectivity index (χ0n) is 18.3. The van der Waals surface area contributed by atoms with Crippen LogP contribution in [0.4, 0.5) is 4.79 Å². The number of rotatable bonds is 6. The molecule has 1 heterocycles. The molecule has 1 saturated heterocycles. The molecule has 5 heteroatoms. The maximum absolute atomic E-state index is 12.6. The first-order valence-electron chi connectivity index (χ1n) is 11.0. The Kier molecular flexibility index (Phi) is 6.76. The molecule has 1 aliphatic heterocycles. The lowest BCUT2D eigenvalue weighted by Crippen LogP contribution is -2.46. The van der Waals surface area contributed by atoms with Crippen LogP contribution in [0.15, 0.2) is 84.9 Å². The van der Waals surface area contributed by atoms with Crippen LogP contribution in [0.1, 0.15) is 29.5 Å². The number of ether oxygens (including phenoxy) is 2. The summed E-state index contributed by atoms with van der Waals surface area (Å²) in [4.78, 5) is 14.3. The summed E-state index contributed by atoms with van der Waals surface area (Å²) in [5, 5.41) is 12.1. The highest BCUT2D eigenvalue weighted by atomic mass is 16.6. The number of hydrogen-bond acceptors (Lipinski definition) is 4. The van der Waals surface area contributed by atoms with E-state index in [0.29, 0.717) is 31.7 Å². The first-order valence-corrected chi connectivity index (χ1v) is 11.0. The molecule has 3 aromatic rings. The number of aliphatic hydroxyl groups is 1. The summed E-state index contributed by atoms with van der Waals surface area (Å²) in [6.07, 6.45) is 1.03. The van der Waals surface area contributed by atoms with Crippen LogP contribution in [0.3, 0.4) is 0 Å². The van der Waals surface area contributed by atoms with Gasteiger partial charge in [0.25, 0.3) is 0 Å². The second-order valence-corrected chi connectivity index (χ2v) is 8.17. The number of nitrogens with zero attached hydrogens (tertiary/aromatic N) is 1. The van der Waals surface area contributed by atoms with Gasteiger partial charge in [-0.2, -0.15) is 0 Å². The first-order chi connectivity index (χ1) is 15.6. The van der Waals surface area contributed by atoms with Crippen molar-refractivity contribution in [2.24, 2.45) is 5.92 Å². The number of carbonyl (C=O) groups excluding carboxylic acids is 1. The van der Waals surface area contributed by atoms with Crippen LogP contribution in [-0.4, -0.2) is 36.3 Å². The number of hydrogen-bond donors (Lipinski definition) is 1. The number of piperidine rings is 1. The normalized spacial score (nSPS) is 16.2. The highest BCUT2D eigenvalue weighted by Gasteiger charge is 2.42. The monoisotopic (exact) mass is 431 g/mol. The van der Waals surface area contributed by atoms with E-state index in [1.165, 1.54) is 0 Å². The minimum Gasteiger partial charge on any atom is -0.497 e. The average molecular weight is 432 g/mol. The molecule has 0 spiro atoms. The lowest BCUT2D eigenvalue weighted by atomic mass is 9.72. The largest absolute Gasteiger partial charge is 0.497 e. The van der Waals surface area contributed by atoms with E-state index in [-0.39, 0.29) is 18.6 Å². The summed E-state index contributed by atoms with van der Waals surface area (Å²) in [6, 6.07) is 27.0. The molecule has 32 heavy (non-hydrogen) atoms. The van der Waals surface area contributed by atoms with E-state index in [1.807, 2.05) is 84.9 Å². The summed E-state index contributed by atoms with van der Waals surface area (Å²) in [5.41, 5.74) is 1.44. The van der Waals surface area contributed by atoms with E-state index in [4.69, 9.17) is 9.47 Å². The van der Waals surface area contributed by atoms with Gasteiger partial charge in [0.05, 0.1) is 7.11 Å². The van der Waals surface area contributed by atoms with Crippen LogP contribution < -0.4 is 4.74 Å². The van der Waals surface area contributed by atoms with Crippen LogP contribution in [0.5, 0.6) is 5.75 Å². The molecule has 166 valence electrons. The molecular formula is C27H29NO4. The lowest BCUT2D eigenvalue weighted by molar-refractivity contribution is -0.0150. The van der Waals surface area contributed by atoms with Gasteiger partial charge in [0.2, 0.25) is 0 Å². The Balaban J connectivity index is 1.49. The van der Waals surface area contributed by atoms with Crippen LogP contribution in [0, 0.1) is 5.92 Å². The summed E-state index contributed by atoms with van der Waals surface area (Å²) < 4.78 is 10.9. The fourth-order valence-electron chi connectivity index (χ4n) is 4.48. The third-order valence-electron chi connectivity index (χ3n) is 6.27. The van der Waals surface area contributed by atoms with E-state index in [0.717, 1.165) is 16.7 Å². The Morgan fingerprint density at radius 2 is 1.56 bits per heavy atom. The molecule has 1 aliphatic rings. The zero-order valence-corrected chi connectivity index (χ0v) is 18.3. The SMILES string of the molecule is COc1cccc(C(O)(c2ccccc2)C2CCN(C(=O)OCc3ccccc3)CC2)c1. The van der Waals surface area contributed by atoms with Crippen molar-refractivity contribution in [3.8, 4) is 5.75 Å². The van der Waals surface area contributed by atoms with Gasteiger partial charge in [-0.25, -0.2) is 4.79 Å². The number of methoxy groups -OCH3 is 1. The van der Waals surface area contributed by atoms with E-state index in [1.54, 1.807) is 12.0 Å². The average Bonchev–Trinajstić information content (AvgIpc) is 2.88. The Bertz CT molecular complexity index is 1020. The van der Waals surface area contributed by atoms with Gasteiger partial charge >= 0.3 is 6.09 Å². The van der Waals surface area contributed by atoms with Gasteiger partial charge in [-0.05, 0) is 47.6 Å². The van der Waals surface area contributed by atoms with Crippen molar-refractivity contribution in [2.75, 3.05) is 20.2 Å². The van der Waals surface area contributed by atoms with Crippen LogP contribution in [-0.2, 0) is 16.9 Å². The van der Waals surface area contributed by atoms with Gasteiger partial charge in [-0.1, -0.05) is 72.8 Å². The highest BCUT2D eigenvalue weighted by Crippen LogP contribution is 2.42. The number of carbonyl (C=O) groups is 1. The molecular weight excluding hydrogens is 402 g/mol. The van der Waals surface area contributed by atoms with Crippen molar-refractivity contribution in [3.05, 3.63) is 102 Å². The molecule has 4 rings (SSSR count). The molecule has 1 N–H and O–H groups in total. The van der Waals surface area contributed by atoms with Gasteiger partial charge in [-0.3, -0.25) is 0 Å². The third-order valence-corrected chi connectivity index (χ3v) is 6.27. The Hall–Kier alpha value is -3.31. The van der Waals surface area contributed by atoms with Gasteiger partial charge in [0, 0.05) is 13.1 Å². The van der Waals surface area contributed by atoms with Gasteiger partial charge in [0.15, 0.2) is 0 Å². The number of benzene rings is 3. The lowest BCUT2D eigenvalue weighted by Gasteiger charge is -2.42. The zero-order chi connectivity index (χ0) is 22.4. The molecule has 0 saturated carbocycles. The second-order valence-electron chi connectivity index (χ2n) is 8.17. The molecule has 1 unspecified atom stereocenters. The van der Waals surface area contributed by atoms with Crippen LogP contribution in [0.2, 0.25) is 0 Å². The number of likely N-dealkylation sites (tertiary alicyclic amines) is 1. The minimum absolute atomic E-state index is 0.0461. The summed E-state index contributed by atoms with van der Waals surface area (Å²) >= 11 is 0. The molecule has 1 amide bonds. The van der Waals surface area contributed by atoms with E-state index in [9.17, 15) is 9.90 Å². The summed E-state index contributed by atoms with van der Waals surface area (Å²) in [7, 11) is 1.63. The second kappa shape index (κ2) is 9.88. The van der Waals surface area contributed by atoms with Crippen molar-refractivity contribution in [3.63, 3.8) is 0 Å². The molecule has 5 nitrogen and oxygen atoms in total. The predicted octanol–water partition coefficient (Wildman–Crippen LogP) is 4.98. The fraction of sp³-hybridized carbons (Fsp3) is 0.296. The van der Waals surface area contributed by atoms with Crippen molar-refractivity contribution < 1.29 is 19.4 Å². The van der Waals surface area contributed by atoms with Gasteiger partial charge in [0.1, 0.15) is 18.0 Å². The number of amides is 1. The Labute approximate surface area is 189 Å². The molecule has 0 aliphatic carbocycles. The van der Waals surface area contributed by atoms with Gasteiger partial charge in [-0.15, -0.1) is 0 Å². The smallest absolute Gasteiger partial charge is 0.410 e. The van der Waals surface area contributed by atoms with E-state index >= 15 is 0 Å². The molecule has 1 fully saturated rings. The summed E-state index contributed by atoms with van der Waals surface area (Å²) in [6.45, 7) is 1.34. The Morgan fingerprint density at radius 1 is 0.938 bits per heavy atom. The van der Waals surface area contributed by atoms with Crippen molar-refractivity contribution in [2.45, 2.75) is 25.0 Å². The fourth-order valence-corrected chi connectivity index (χ4v) is 4.48. The van der Waals surface area contributed by atoms with Crippen molar-refractivity contribution in [1.82, 2.24) is 4.90 Å². The maximum Gasteiger partial charge on any atom is 0.410 e.